The van der Waals surface area contributed by atoms with Crippen LogP contribution in [-0.4, -0.2) is 11.4 Å². The molecule has 0 unspecified atom stereocenters. The molecule has 1 saturated carbocycles. The van der Waals surface area contributed by atoms with E-state index >= 15 is 0 Å². The van der Waals surface area contributed by atoms with Crippen LogP contribution in [-0.2, 0) is 4.79 Å². The summed E-state index contributed by atoms with van der Waals surface area (Å²) in [6, 6.07) is 2.36. The number of hydrogen-bond donors (Lipinski definition) is 1. The lowest BCUT2D eigenvalue weighted by Gasteiger charge is -2.28. The summed E-state index contributed by atoms with van der Waals surface area (Å²) in [5.74, 6) is 0.410. The Bertz CT molecular complexity index is 303. The van der Waals surface area contributed by atoms with Crippen molar-refractivity contribution in [3.63, 3.8) is 0 Å². The maximum Gasteiger partial charge on any atom is 0.217 e. The van der Waals surface area contributed by atoms with Crippen molar-refractivity contribution in [1.82, 2.24) is 5.32 Å². The molecule has 3 nitrogen and oxygen atoms in total. The Morgan fingerprint density at radius 1 is 1.60 bits per heavy atom. The van der Waals surface area contributed by atoms with Crippen LogP contribution in [0.1, 0.15) is 47.0 Å². The summed E-state index contributed by atoms with van der Waals surface area (Å²) in [6.45, 7) is 7.59. The molecule has 0 saturated heterocycles. The number of carbonyl (C=O) groups is 1. The van der Waals surface area contributed by atoms with Crippen LogP contribution < -0.4 is 5.32 Å². The molecule has 1 rings (SSSR count). The first-order chi connectivity index (χ1) is 6.79. The van der Waals surface area contributed by atoms with Gasteiger partial charge >= 0.3 is 0 Å². The van der Waals surface area contributed by atoms with Crippen molar-refractivity contribution in [1.29, 1.82) is 5.26 Å². The van der Waals surface area contributed by atoms with Gasteiger partial charge in [0.15, 0.2) is 0 Å². The normalized spacial score (nSPS) is 31.0. The fraction of sp³-hybridized carbons (Fsp3) is 0.833. The second kappa shape index (κ2) is 3.84. The largest absolute Gasteiger partial charge is 0.351 e. The predicted molar refractivity (Wildman–Crippen MR) is 59.0 cm³/mol. The highest BCUT2D eigenvalue weighted by atomic mass is 16.1. The SMILES string of the molecule is CC(=O)N[C@@]1(C)CC[C@H](C(C)(C)C#N)C1. The van der Waals surface area contributed by atoms with E-state index in [1.165, 1.54) is 0 Å². The number of hydrogen-bond acceptors (Lipinski definition) is 2. The van der Waals surface area contributed by atoms with Gasteiger partial charge in [0.25, 0.3) is 0 Å². The summed E-state index contributed by atoms with van der Waals surface area (Å²) in [6.07, 6.45) is 2.91. The average molecular weight is 208 g/mol. The lowest BCUT2D eigenvalue weighted by atomic mass is 9.78. The number of rotatable bonds is 2. The molecule has 0 bridgehead atoms. The van der Waals surface area contributed by atoms with Crippen molar-refractivity contribution in [3.8, 4) is 6.07 Å². The lowest BCUT2D eigenvalue weighted by Crippen LogP contribution is -2.43. The fourth-order valence-corrected chi connectivity index (χ4v) is 2.49. The monoisotopic (exact) mass is 208 g/mol. The quantitative estimate of drug-likeness (QED) is 0.756. The third-order valence-corrected chi connectivity index (χ3v) is 3.53. The molecule has 2 atom stereocenters. The molecule has 0 aromatic heterocycles. The van der Waals surface area contributed by atoms with Crippen LogP contribution in [0.25, 0.3) is 0 Å². The second-order valence-electron chi connectivity index (χ2n) is 5.52. The second-order valence-corrected chi connectivity index (χ2v) is 5.52. The number of nitriles is 1. The van der Waals surface area contributed by atoms with Crippen LogP contribution in [0.4, 0.5) is 0 Å². The van der Waals surface area contributed by atoms with E-state index in [0.29, 0.717) is 5.92 Å². The van der Waals surface area contributed by atoms with Crippen molar-refractivity contribution >= 4 is 5.91 Å². The van der Waals surface area contributed by atoms with E-state index < -0.39 is 0 Å². The summed E-state index contributed by atoms with van der Waals surface area (Å²) >= 11 is 0. The van der Waals surface area contributed by atoms with Gasteiger partial charge in [-0.15, -0.1) is 0 Å². The van der Waals surface area contributed by atoms with Gasteiger partial charge in [-0.2, -0.15) is 5.26 Å². The molecular formula is C12H20N2O. The Morgan fingerprint density at radius 2 is 2.20 bits per heavy atom. The molecule has 0 aromatic carbocycles. The molecule has 1 fully saturated rings. The maximum atomic E-state index is 11.1. The molecule has 0 spiro atoms. The summed E-state index contributed by atoms with van der Waals surface area (Å²) in [5, 5.41) is 12.1. The summed E-state index contributed by atoms with van der Waals surface area (Å²) < 4.78 is 0. The van der Waals surface area contributed by atoms with Crippen molar-refractivity contribution in [2.75, 3.05) is 0 Å². The minimum absolute atomic E-state index is 0.0212. The topological polar surface area (TPSA) is 52.9 Å². The fourth-order valence-electron chi connectivity index (χ4n) is 2.49. The molecule has 84 valence electrons. The van der Waals surface area contributed by atoms with Gasteiger partial charge in [0.2, 0.25) is 5.91 Å². The Morgan fingerprint density at radius 3 is 2.67 bits per heavy atom. The van der Waals surface area contributed by atoms with E-state index in [2.05, 4.69) is 18.3 Å². The Labute approximate surface area is 91.9 Å². The van der Waals surface area contributed by atoms with Gasteiger partial charge < -0.3 is 5.32 Å². The minimum atomic E-state index is -0.282. The van der Waals surface area contributed by atoms with Crippen molar-refractivity contribution < 1.29 is 4.79 Å². The van der Waals surface area contributed by atoms with Gasteiger partial charge in [-0.25, -0.2) is 0 Å². The van der Waals surface area contributed by atoms with Gasteiger partial charge in [-0.05, 0) is 46.0 Å². The zero-order valence-electron chi connectivity index (χ0n) is 10.1. The van der Waals surface area contributed by atoms with Crippen LogP contribution in [0.15, 0.2) is 0 Å². The molecule has 3 heteroatoms. The first-order valence-corrected chi connectivity index (χ1v) is 5.49. The van der Waals surface area contributed by atoms with E-state index in [4.69, 9.17) is 5.26 Å². The highest BCUT2D eigenvalue weighted by Crippen LogP contribution is 2.43. The molecule has 1 amide bonds. The van der Waals surface area contributed by atoms with E-state index in [1.54, 1.807) is 6.92 Å². The van der Waals surface area contributed by atoms with E-state index in [9.17, 15) is 4.79 Å². The molecular weight excluding hydrogens is 188 g/mol. The molecule has 1 aliphatic carbocycles. The Hall–Kier alpha value is -1.04. The predicted octanol–water partition coefficient (Wildman–Crippen LogP) is 2.23. The van der Waals surface area contributed by atoms with Crippen LogP contribution in [0.3, 0.4) is 0 Å². The standard InChI is InChI=1S/C12H20N2O/c1-9(15)14-12(4)6-5-10(7-12)11(2,3)8-13/h10H,5-7H2,1-4H3,(H,14,15)/t10-,12-/m0/s1. The summed E-state index contributed by atoms with van der Waals surface area (Å²) in [5.41, 5.74) is -0.388. The van der Waals surface area contributed by atoms with Crippen LogP contribution in [0.2, 0.25) is 0 Å². The summed E-state index contributed by atoms with van der Waals surface area (Å²) in [4.78, 5) is 11.1. The van der Waals surface area contributed by atoms with E-state index in [-0.39, 0.29) is 16.9 Å². The van der Waals surface area contributed by atoms with Crippen LogP contribution >= 0.6 is 0 Å². The zero-order valence-corrected chi connectivity index (χ0v) is 10.1. The molecule has 0 aliphatic heterocycles. The van der Waals surface area contributed by atoms with Gasteiger partial charge in [-0.1, -0.05) is 0 Å². The Balaban J connectivity index is 2.67. The number of nitrogens with zero attached hydrogens (tertiary/aromatic N) is 1. The minimum Gasteiger partial charge on any atom is -0.351 e. The average Bonchev–Trinajstić information content (AvgIpc) is 2.47. The lowest BCUT2D eigenvalue weighted by molar-refractivity contribution is -0.120. The highest BCUT2D eigenvalue weighted by molar-refractivity contribution is 5.73. The number of nitrogens with one attached hydrogen (secondary N) is 1. The van der Waals surface area contributed by atoms with Crippen LogP contribution in [0.5, 0.6) is 0 Å². The third-order valence-electron chi connectivity index (χ3n) is 3.53. The van der Waals surface area contributed by atoms with E-state index in [1.807, 2.05) is 13.8 Å². The van der Waals surface area contributed by atoms with Crippen molar-refractivity contribution in [3.05, 3.63) is 0 Å². The molecule has 1 N–H and O–H groups in total. The first-order valence-electron chi connectivity index (χ1n) is 5.49. The Kier molecular flexibility index (Phi) is 3.08. The smallest absolute Gasteiger partial charge is 0.217 e. The molecule has 15 heavy (non-hydrogen) atoms. The third kappa shape index (κ3) is 2.71. The van der Waals surface area contributed by atoms with Crippen molar-refractivity contribution in [2.24, 2.45) is 11.3 Å². The molecule has 1 aliphatic rings. The van der Waals surface area contributed by atoms with Gasteiger partial charge in [0.05, 0.1) is 11.5 Å². The molecule has 0 aromatic rings. The highest BCUT2D eigenvalue weighted by Gasteiger charge is 2.42. The first kappa shape index (κ1) is 12.0. The van der Waals surface area contributed by atoms with E-state index in [0.717, 1.165) is 19.3 Å². The molecule has 0 radical (unpaired) electrons. The van der Waals surface area contributed by atoms with Gasteiger partial charge in [0, 0.05) is 12.5 Å². The van der Waals surface area contributed by atoms with Crippen LogP contribution in [0, 0.1) is 22.7 Å². The molecule has 0 heterocycles. The van der Waals surface area contributed by atoms with Gasteiger partial charge in [0.1, 0.15) is 0 Å². The maximum absolute atomic E-state index is 11.1. The summed E-state index contributed by atoms with van der Waals surface area (Å²) in [7, 11) is 0. The van der Waals surface area contributed by atoms with Crippen molar-refractivity contribution in [2.45, 2.75) is 52.5 Å². The zero-order chi connectivity index (χ0) is 11.7. The van der Waals surface area contributed by atoms with Gasteiger partial charge in [-0.3, -0.25) is 4.79 Å². The number of amides is 1. The number of carbonyl (C=O) groups excluding carboxylic acids is 1.